The predicted octanol–water partition coefficient (Wildman–Crippen LogP) is 1.18. The first-order valence-electron chi connectivity index (χ1n) is 5.86. The molecule has 3 atom stereocenters. The van der Waals surface area contributed by atoms with Crippen molar-refractivity contribution in [3.8, 4) is 0 Å². The van der Waals surface area contributed by atoms with Crippen LogP contribution in [0.1, 0.15) is 34.1 Å². The molecule has 0 heterocycles. The van der Waals surface area contributed by atoms with E-state index in [9.17, 15) is 14.4 Å². The minimum atomic E-state index is -1.25. The van der Waals surface area contributed by atoms with Gasteiger partial charge in [-0.3, -0.25) is 14.4 Å². The minimum Gasteiger partial charge on any atom is -0.481 e. The lowest BCUT2D eigenvalue weighted by atomic mass is 9.80. The first-order chi connectivity index (χ1) is 8.46. The van der Waals surface area contributed by atoms with Crippen molar-refractivity contribution in [1.82, 2.24) is 0 Å². The van der Waals surface area contributed by atoms with Gasteiger partial charge in [-0.05, 0) is 11.3 Å². The molecule has 0 aliphatic carbocycles. The van der Waals surface area contributed by atoms with Gasteiger partial charge < -0.3 is 15.9 Å². The third-order valence-corrected chi connectivity index (χ3v) is 4.68. The van der Waals surface area contributed by atoms with E-state index in [4.69, 9.17) is 15.9 Å². The van der Waals surface area contributed by atoms with Gasteiger partial charge in [0.25, 0.3) is 0 Å². The normalized spacial score (nSPS) is 16.4. The van der Waals surface area contributed by atoms with Gasteiger partial charge >= 0.3 is 11.9 Å². The number of carboxylic acid groups (broad SMARTS) is 2. The van der Waals surface area contributed by atoms with Crippen molar-refractivity contribution in [2.75, 3.05) is 0 Å². The number of primary amides is 1. The smallest absolute Gasteiger partial charge is 0.317 e. The Kier molecular flexibility index (Phi) is 6.35. The monoisotopic (exact) mass is 291 g/mol. The van der Waals surface area contributed by atoms with Crippen LogP contribution < -0.4 is 5.73 Å². The highest BCUT2D eigenvalue weighted by atomic mass is 32.2. The van der Waals surface area contributed by atoms with Crippen LogP contribution in [0.15, 0.2) is 0 Å². The summed E-state index contributed by atoms with van der Waals surface area (Å²) in [6.45, 7) is 7.56. The molecule has 0 aliphatic rings. The lowest BCUT2D eigenvalue weighted by molar-refractivity contribution is -0.143. The molecular formula is C12H21NO5S. The third-order valence-electron chi connectivity index (χ3n) is 3.05. The second kappa shape index (κ2) is 6.79. The van der Waals surface area contributed by atoms with E-state index >= 15 is 0 Å². The first kappa shape index (κ1) is 17.8. The van der Waals surface area contributed by atoms with Crippen molar-refractivity contribution in [1.29, 1.82) is 0 Å². The molecule has 6 nitrogen and oxygen atoms in total. The molecule has 0 radical (unpaired) electrons. The number of aliphatic carboxylic acids is 2. The maximum atomic E-state index is 11.5. The van der Waals surface area contributed by atoms with Crippen molar-refractivity contribution >= 4 is 29.6 Å². The summed E-state index contributed by atoms with van der Waals surface area (Å²) >= 11 is 0.814. The molecule has 0 aromatic carbocycles. The number of hydrogen-bond acceptors (Lipinski definition) is 4. The zero-order valence-corrected chi connectivity index (χ0v) is 12.4. The second-order valence-corrected chi connectivity index (χ2v) is 6.89. The minimum absolute atomic E-state index is 0.175. The molecule has 19 heavy (non-hydrogen) atoms. The summed E-state index contributed by atoms with van der Waals surface area (Å²) in [5, 5.41) is 15.8. The van der Waals surface area contributed by atoms with E-state index in [2.05, 4.69) is 0 Å². The fraction of sp³-hybridized carbons (Fsp3) is 0.750. The maximum absolute atomic E-state index is 11.5. The van der Waals surface area contributed by atoms with Gasteiger partial charge in [-0.1, -0.05) is 27.7 Å². The second-order valence-electron chi connectivity index (χ2n) is 5.54. The molecule has 0 aliphatic heterocycles. The number of carboxylic acids is 2. The molecule has 0 saturated heterocycles. The summed E-state index contributed by atoms with van der Waals surface area (Å²) in [5.74, 6) is -3.26. The van der Waals surface area contributed by atoms with Crippen LogP contribution in [0.4, 0.5) is 0 Å². The summed E-state index contributed by atoms with van der Waals surface area (Å²) in [6.07, 6.45) is -0.541. The van der Waals surface area contributed by atoms with E-state index < -0.39 is 34.8 Å². The van der Waals surface area contributed by atoms with Gasteiger partial charge in [-0.2, -0.15) is 0 Å². The fourth-order valence-electron chi connectivity index (χ4n) is 1.41. The SMILES string of the molecule is CC(C(SC(CC(=O)O)C(=O)O)C(N)=O)C(C)(C)C. The molecule has 110 valence electrons. The van der Waals surface area contributed by atoms with Gasteiger partial charge in [0.15, 0.2) is 0 Å². The van der Waals surface area contributed by atoms with Crippen molar-refractivity contribution < 1.29 is 24.6 Å². The maximum Gasteiger partial charge on any atom is 0.317 e. The topological polar surface area (TPSA) is 118 Å². The highest BCUT2D eigenvalue weighted by Gasteiger charge is 2.36. The molecule has 0 spiro atoms. The van der Waals surface area contributed by atoms with Gasteiger partial charge in [0, 0.05) is 0 Å². The van der Waals surface area contributed by atoms with Gasteiger partial charge in [0.2, 0.25) is 5.91 Å². The van der Waals surface area contributed by atoms with E-state index in [0.29, 0.717) is 0 Å². The number of carbonyl (C=O) groups is 3. The third kappa shape index (κ3) is 5.96. The van der Waals surface area contributed by atoms with Gasteiger partial charge in [-0.25, -0.2) is 0 Å². The van der Waals surface area contributed by atoms with Crippen LogP contribution >= 0.6 is 11.8 Å². The summed E-state index contributed by atoms with van der Waals surface area (Å²) in [7, 11) is 0. The quantitative estimate of drug-likeness (QED) is 0.648. The van der Waals surface area contributed by atoms with Gasteiger partial charge in [0.05, 0.1) is 11.7 Å². The van der Waals surface area contributed by atoms with Gasteiger partial charge in [-0.15, -0.1) is 11.8 Å². The van der Waals surface area contributed by atoms with Crippen molar-refractivity contribution in [2.24, 2.45) is 17.1 Å². The zero-order chi connectivity index (χ0) is 15.4. The standard InChI is InChI=1S/C12H21NO5S/c1-6(12(2,3)4)9(10(13)16)19-7(11(17)18)5-8(14)15/h6-7,9H,5H2,1-4H3,(H2,13,16)(H,14,15)(H,17,18). The van der Waals surface area contributed by atoms with Gasteiger partial charge in [0.1, 0.15) is 5.25 Å². The first-order valence-corrected chi connectivity index (χ1v) is 6.80. The van der Waals surface area contributed by atoms with Crippen LogP contribution in [0.3, 0.4) is 0 Å². The molecule has 7 heteroatoms. The van der Waals surface area contributed by atoms with Crippen molar-refractivity contribution in [2.45, 2.75) is 44.6 Å². The molecule has 4 N–H and O–H groups in total. The Morgan fingerprint density at radius 3 is 1.95 bits per heavy atom. The van der Waals surface area contributed by atoms with E-state index in [0.717, 1.165) is 11.8 Å². The number of rotatable bonds is 7. The Labute approximate surface area is 116 Å². The molecular weight excluding hydrogens is 270 g/mol. The number of hydrogen-bond donors (Lipinski definition) is 3. The Morgan fingerprint density at radius 2 is 1.68 bits per heavy atom. The van der Waals surface area contributed by atoms with Crippen LogP contribution in [-0.2, 0) is 14.4 Å². The molecule has 0 bridgehead atoms. The largest absolute Gasteiger partial charge is 0.481 e. The Bertz CT molecular complexity index is 364. The van der Waals surface area contributed by atoms with E-state index in [-0.39, 0.29) is 11.3 Å². The highest BCUT2D eigenvalue weighted by Crippen LogP contribution is 2.36. The summed E-state index contributed by atoms with van der Waals surface area (Å²) in [5.41, 5.74) is 5.08. The average Bonchev–Trinajstić information content (AvgIpc) is 2.20. The number of nitrogens with two attached hydrogens (primary N) is 1. The van der Waals surface area contributed by atoms with E-state index in [1.54, 1.807) is 0 Å². The van der Waals surface area contributed by atoms with Crippen LogP contribution in [-0.4, -0.2) is 38.6 Å². The summed E-state index contributed by atoms with van der Waals surface area (Å²) in [4.78, 5) is 33.2. The van der Waals surface area contributed by atoms with Crippen LogP contribution in [0.25, 0.3) is 0 Å². The molecule has 0 aromatic heterocycles. The molecule has 0 rings (SSSR count). The van der Waals surface area contributed by atoms with E-state index in [1.807, 2.05) is 27.7 Å². The van der Waals surface area contributed by atoms with Crippen molar-refractivity contribution in [3.63, 3.8) is 0 Å². The zero-order valence-electron chi connectivity index (χ0n) is 11.5. The summed E-state index contributed by atoms with van der Waals surface area (Å²) in [6, 6.07) is 0. The van der Waals surface area contributed by atoms with Crippen LogP contribution in [0.2, 0.25) is 0 Å². The molecule has 1 amide bonds. The number of thioether (sulfide) groups is 1. The lowest BCUT2D eigenvalue weighted by Gasteiger charge is -2.33. The lowest BCUT2D eigenvalue weighted by Crippen LogP contribution is -2.40. The van der Waals surface area contributed by atoms with Crippen molar-refractivity contribution in [3.05, 3.63) is 0 Å². The number of carbonyl (C=O) groups excluding carboxylic acids is 1. The van der Waals surface area contributed by atoms with Crippen LogP contribution in [0.5, 0.6) is 0 Å². The fourth-order valence-corrected chi connectivity index (χ4v) is 2.90. The molecule has 3 unspecified atom stereocenters. The number of amides is 1. The molecule has 0 saturated carbocycles. The van der Waals surface area contributed by atoms with Crippen LogP contribution in [0, 0.1) is 11.3 Å². The summed E-state index contributed by atoms with van der Waals surface area (Å²) < 4.78 is 0. The Morgan fingerprint density at radius 1 is 1.21 bits per heavy atom. The average molecular weight is 291 g/mol. The molecule has 0 aromatic rings. The molecule has 0 fully saturated rings. The Balaban J connectivity index is 5.05. The highest BCUT2D eigenvalue weighted by molar-refractivity contribution is 8.01. The van der Waals surface area contributed by atoms with E-state index in [1.165, 1.54) is 0 Å². The Hall–Kier alpha value is -1.24. The predicted molar refractivity (Wildman–Crippen MR) is 72.9 cm³/mol.